The highest BCUT2D eigenvalue weighted by Gasteiger charge is 2.15. The van der Waals surface area contributed by atoms with E-state index in [0.29, 0.717) is 13.0 Å². The zero-order valence-corrected chi connectivity index (χ0v) is 7.94. The minimum Gasteiger partial charge on any atom is -0.382 e. The van der Waals surface area contributed by atoms with Gasteiger partial charge in [-0.05, 0) is 30.5 Å². The molecule has 0 aliphatic carbocycles. The van der Waals surface area contributed by atoms with Gasteiger partial charge in [-0.1, -0.05) is 17.7 Å². The van der Waals surface area contributed by atoms with Crippen LogP contribution in [-0.2, 0) is 6.42 Å². The zero-order chi connectivity index (χ0) is 9.26. The third-order valence-electron chi connectivity index (χ3n) is 2.34. The van der Waals surface area contributed by atoms with Gasteiger partial charge in [0.2, 0.25) is 0 Å². The van der Waals surface area contributed by atoms with Crippen molar-refractivity contribution < 1.29 is 4.39 Å². The summed E-state index contributed by atoms with van der Waals surface area (Å²) < 4.78 is 13.0. The molecule has 70 valence electrons. The molecule has 3 heteroatoms. The molecule has 0 radical (unpaired) electrons. The first-order chi connectivity index (χ1) is 6.27. The molecule has 0 saturated carbocycles. The molecule has 1 heterocycles. The summed E-state index contributed by atoms with van der Waals surface area (Å²) in [5.74, 6) is 0. The number of hydrogen-bond donors (Lipinski definition) is 1. The van der Waals surface area contributed by atoms with E-state index in [1.54, 1.807) is 0 Å². The van der Waals surface area contributed by atoms with Crippen molar-refractivity contribution in [2.45, 2.75) is 19.0 Å². The van der Waals surface area contributed by atoms with Gasteiger partial charge in [-0.3, -0.25) is 0 Å². The maximum Gasteiger partial charge on any atom is 0.118 e. The number of anilines is 1. The topological polar surface area (TPSA) is 12.0 Å². The molecule has 2 rings (SSSR count). The van der Waals surface area contributed by atoms with Gasteiger partial charge in [-0.25, -0.2) is 4.39 Å². The molecule has 0 spiro atoms. The summed E-state index contributed by atoms with van der Waals surface area (Å²) in [7, 11) is 0. The van der Waals surface area contributed by atoms with Crippen LogP contribution < -0.4 is 5.32 Å². The van der Waals surface area contributed by atoms with E-state index in [2.05, 4.69) is 5.32 Å². The van der Waals surface area contributed by atoms with Crippen LogP contribution in [0.25, 0.3) is 0 Å². The summed E-state index contributed by atoms with van der Waals surface area (Å²) in [6.45, 7) is 0.396. The van der Waals surface area contributed by atoms with Crippen LogP contribution in [-0.4, -0.2) is 12.7 Å². The number of nitrogens with one attached hydrogen (secondary N) is 1. The molecule has 0 aromatic heterocycles. The Labute approximate surface area is 81.9 Å². The number of fused-ring (bicyclic) bond motifs is 1. The fourth-order valence-electron chi connectivity index (χ4n) is 1.60. The Bertz CT molecular complexity index is 314. The van der Waals surface area contributed by atoms with Gasteiger partial charge in [-0.2, -0.15) is 0 Å². The molecule has 1 unspecified atom stereocenters. The molecule has 0 amide bonds. The number of benzene rings is 1. The van der Waals surface area contributed by atoms with Gasteiger partial charge in [0.25, 0.3) is 0 Å². The van der Waals surface area contributed by atoms with Crippen molar-refractivity contribution >= 4 is 17.3 Å². The Morgan fingerprint density at radius 3 is 3.15 bits per heavy atom. The summed E-state index contributed by atoms with van der Waals surface area (Å²) in [5.41, 5.74) is 2.02. The third-order valence-corrected chi connectivity index (χ3v) is 2.69. The molecule has 1 aliphatic heterocycles. The Morgan fingerprint density at radius 1 is 1.46 bits per heavy atom. The highest BCUT2D eigenvalue weighted by molar-refractivity contribution is 6.31. The fraction of sp³-hybridized carbons (Fsp3) is 0.400. The monoisotopic (exact) mass is 199 g/mol. The lowest BCUT2D eigenvalue weighted by atomic mass is 10.1. The standard InChI is InChI=1S/C10H11ClFN/c11-9-2-1-3-10-8(9)5-4-7(12)6-13-10/h1-3,7,13H,4-6H2. The van der Waals surface area contributed by atoms with Crippen molar-refractivity contribution in [2.24, 2.45) is 0 Å². The van der Waals surface area contributed by atoms with E-state index in [1.165, 1.54) is 0 Å². The van der Waals surface area contributed by atoms with Gasteiger partial charge >= 0.3 is 0 Å². The van der Waals surface area contributed by atoms with Crippen molar-refractivity contribution in [3.63, 3.8) is 0 Å². The van der Waals surface area contributed by atoms with Crippen molar-refractivity contribution in [2.75, 3.05) is 11.9 Å². The van der Waals surface area contributed by atoms with Crippen LogP contribution >= 0.6 is 11.6 Å². The summed E-state index contributed by atoms with van der Waals surface area (Å²) in [4.78, 5) is 0. The Hall–Kier alpha value is -0.760. The van der Waals surface area contributed by atoms with E-state index >= 15 is 0 Å². The first-order valence-electron chi connectivity index (χ1n) is 4.42. The lowest BCUT2D eigenvalue weighted by molar-refractivity contribution is 0.333. The molecule has 1 atom stereocenters. The van der Waals surface area contributed by atoms with Gasteiger partial charge in [0.05, 0.1) is 0 Å². The SMILES string of the molecule is FC1CCc2c(Cl)cccc2NC1. The molecule has 0 saturated heterocycles. The minimum atomic E-state index is -0.761. The summed E-state index contributed by atoms with van der Waals surface area (Å²) >= 11 is 6.00. The van der Waals surface area contributed by atoms with E-state index in [9.17, 15) is 4.39 Å². The minimum absolute atomic E-state index is 0.396. The van der Waals surface area contributed by atoms with Gasteiger partial charge in [0, 0.05) is 17.3 Å². The van der Waals surface area contributed by atoms with Gasteiger partial charge < -0.3 is 5.32 Å². The molecule has 13 heavy (non-hydrogen) atoms. The van der Waals surface area contributed by atoms with E-state index in [4.69, 9.17) is 11.6 Å². The van der Waals surface area contributed by atoms with Crippen LogP contribution in [0, 0.1) is 0 Å². The molecule has 1 aromatic rings. The van der Waals surface area contributed by atoms with Crippen LogP contribution in [0.2, 0.25) is 5.02 Å². The largest absolute Gasteiger partial charge is 0.382 e. The zero-order valence-electron chi connectivity index (χ0n) is 7.19. The molecule has 1 aromatic carbocycles. The molecular weight excluding hydrogens is 189 g/mol. The van der Waals surface area contributed by atoms with Crippen molar-refractivity contribution in [1.29, 1.82) is 0 Å². The average molecular weight is 200 g/mol. The lowest BCUT2D eigenvalue weighted by Gasteiger charge is -2.07. The Kier molecular flexibility index (Phi) is 2.40. The highest BCUT2D eigenvalue weighted by Crippen LogP contribution is 2.28. The molecular formula is C10H11ClFN. The predicted molar refractivity (Wildman–Crippen MR) is 53.2 cm³/mol. The van der Waals surface area contributed by atoms with Crippen LogP contribution in [0.1, 0.15) is 12.0 Å². The Morgan fingerprint density at radius 2 is 2.31 bits per heavy atom. The first kappa shape index (κ1) is 8.82. The second kappa shape index (κ2) is 3.54. The predicted octanol–water partition coefficient (Wildman–Crippen LogP) is 3.04. The van der Waals surface area contributed by atoms with Crippen molar-refractivity contribution in [3.05, 3.63) is 28.8 Å². The summed E-state index contributed by atoms with van der Waals surface area (Å²) in [6.07, 6.45) is 0.524. The third kappa shape index (κ3) is 1.78. The number of halogens is 2. The van der Waals surface area contributed by atoms with Crippen molar-refractivity contribution in [1.82, 2.24) is 0 Å². The van der Waals surface area contributed by atoms with Gasteiger partial charge in [0.1, 0.15) is 6.17 Å². The van der Waals surface area contributed by atoms with Crippen LogP contribution in [0.4, 0.5) is 10.1 Å². The molecule has 1 nitrogen and oxygen atoms in total. The van der Waals surface area contributed by atoms with Gasteiger partial charge in [-0.15, -0.1) is 0 Å². The number of alkyl halides is 1. The normalized spacial score (nSPS) is 21.5. The fourth-order valence-corrected chi connectivity index (χ4v) is 1.87. The molecule has 0 fully saturated rings. The quantitative estimate of drug-likeness (QED) is 0.677. The van der Waals surface area contributed by atoms with E-state index in [1.807, 2.05) is 18.2 Å². The number of hydrogen-bond acceptors (Lipinski definition) is 1. The van der Waals surface area contributed by atoms with Crippen LogP contribution in [0.15, 0.2) is 18.2 Å². The summed E-state index contributed by atoms with van der Waals surface area (Å²) in [6, 6.07) is 5.67. The van der Waals surface area contributed by atoms with E-state index < -0.39 is 6.17 Å². The first-order valence-corrected chi connectivity index (χ1v) is 4.80. The second-order valence-corrected chi connectivity index (χ2v) is 3.69. The smallest absolute Gasteiger partial charge is 0.118 e. The maximum atomic E-state index is 13.0. The van der Waals surface area contributed by atoms with Gasteiger partial charge in [0.15, 0.2) is 0 Å². The maximum absolute atomic E-state index is 13.0. The highest BCUT2D eigenvalue weighted by atomic mass is 35.5. The molecule has 1 aliphatic rings. The number of rotatable bonds is 0. The van der Waals surface area contributed by atoms with E-state index in [-0.39, 0.29) is 0 Å². The average Bonchev–Trinajstić information content (AvgIpc) is 2.30. The lowest BCUT2D eigenvalue weighted by Crippen LogP contribution is -2.12. The van der Waals surface area contributed by atoms with Crippen molar-refractivity contribution in [3.8, 4) is 0 Å². The molecule has 1 N–H and O–H groups in total. The summed E-state index contributed by atoms with van der Waals surface area (Å²) in [5, 5.41) is 3.79. The van der Waals surface area contributed by atoms with Crippen LogP contribution in [0.5, 0.6) is 0 Å². The molecule has 0 bridgehead atoms. The van der Waals surface area contributed by atoms with Crippen LogP contribution in [0.3, 0.4) is 0 Å². The van der Waals surface area contributed by atoms with E-state index in [0.717, 1.165) is 22.7 Å². The second-order valence-electron chi connectivity index (χ2n) is 3.28. The Balaban J connectivity index is 2.35.